The van der Waals surface area contributed by atoms with E-state index in [0.717, 1.165) is 5.56 Å². The number of hydrogen-bond acceptors (Lipinski definition) is 4. The van der Waals surface area contributed by atoms with Crippen LogP contribution in [0.15, 0.2) is 82.0 Å². The van der Waals surface area contributed by atoms with Crippen LogP contribution in [0.1, 0.15) is 17.2 Å². The van der Waals surface area contributed by atoms with Crippen molar-refractivity contribution in [2.75, 3.05) is 26.2 Å². The molecule has 1 amide bonds. The summed E-state index contributed by atoms with van der Waals surface area (Å²) in [7, 11) is 0. The van der Waals surface area contributed by atoms with E-state index in [-0.39, 0.29) is 18.5 Å². The maximum Gasteiger partial charge on any atom is 0.420 e. The summed E-state index contributed by atoms with van der Waals surface area (Å²) in [5, 5.41) is 1.18. The predicted octanol–water partition coefficient (Wildman–Crippen LogP) is 4.84. The van der Waals surface area contributed by atoms with E-state index in [1.54, 1.807) is 18.2 Å². The quantitative estimate of drug-likeness (QED) is 0.397. The van der Waals surface area contributed by atoms with Crippen molar-refractivity contribution in [3.63, 3.8) is 0 Å². The lowest BCUT2D eigenvalue weighted by atomic mass is 9.96. The second-order valence-corrected chi connectivity index (χ2v) is 9.22. The highest BCUT2D eigenvalue weighted by molar-refractivity contribution is 6.31. The molecule has 0 unspecified atom stereocenters. The molecule has 1 aliphatic heterocycles. The standard InChI is InChI=1S/C26H23Cl2N3O3/c27-20-8-6-19(7-9-20)25(18-4-2-1-3-5-18)30-14-12-29(13-15-30)24(32)17-31-22-11-10-21(28)16-23(22)34-26(31)33/h1-11,16,25H,12-15,17H2/t25-/m0/s1. The molecule has 6 nitrogen and oxygen atoms in total. The molecule has 0 radical (unpaired) electrons. The normalized spacial score (nSPS) is 15.5. The number of oxazole rings is 1. The van der Waals surface area contributed by atoms with Crippen LogP contribution >= 0.6 is 23.2 Å². The number of fused-ring (bicyclic) bond motifs is 1. The van der Waals surface area contributed by atoms with Crippen molar-refractivity contribution in [1.82, 2.24) is 14.4 Å². The molecule has 2 heterocycles. The number of carbonyl (C=O) groups excluding carboxylic acids is 1. The third-order valence-corrected chi connectivity index (χ3v) is 6.74. The highest BCUT2D eigenvalue weighted by Crippen LogP contribution is 2.30. The van der Waals surface area contributed by atoms with E-state index < -0.39 is 5.76 Å². The molecule has 0 aliphatic carbocycles. The number of benzene rings is 3. The van der Waals surface area contributed by atoms with Crippen LogP contribution in [-0.4, -0.2) is 46.5 Å². The minimum atomic E-state index is -0.559. The van der Waals surface area contributed by atoms with E-state index >= 15 is 0 Å². The van der Waals surface area contributed by atoms with Crippen molar-refractivity contribution < 1.29 is 9.21 Å². The Bertz CT molecular complexity index is 1360. The van der Waals surface area contributed by atoms with Crippen LogP contribution in [0.4, 0.5) is 0 Å². The van der Waals surface area contributed by atoms with E-state index in [1.165, 1.54) is 10.1 Å². The van der Waals surface area contributed by atoms with Gasteiger partial charge in [0.05, 0.1) is 11.6 Å². The van der Waals surface area contributed by atoms with Gasteiger partial charge in [-0.15, -0.1) is 0 Å². The third-order valence-electron chi connectivity index (χ3n) is 6.26. The first-order valence-electron chi connectivity index (χ1n) is 11.1. The fourth-order valence-corrected chi connectivity index (χ4v) is 4.84. The minimum absolute atomic E-state index is 0.0627. The largest absolute Gasteiger partial charge is 0.420 e. The van der Waals surface area contributed by atoms with Crippen molar-refractivity contribution in [3.8, 4) is 0 Å². The van der Waals surface area contributed by atoms with Gasteiger partial charge in [0.2, 0.25) is 5.91 Å². The van der Waals surface area contributed by atoms with Gasteiger partial charge in [0.15, 0.2) is 5.58 Å². The van der Waals surface area contributed by atoms with Gasteiger partial charge in [0.25, 0.3) is 0 Å². The average molecular weight is 496 g/mol. The molecule has 4 aromatic rings. The maximum absolute atomic E-state index is 13.0. The number of rotatable bonds is 5. The number of piperazine rings is 1. The van der Waals surface area contributed by atoms with E-state index in [2.05, 4.69) is 29.2 Å². The summed E-state index contributed by atoms with van der Waals surface area (Å²) in [4.78, 5) is 29.5. The Morgan fingerprint density at radius 2 is 1.50 bits per heavy atom. The number of amides is 1. The lowest BCUT2D eigenvalue weighted by molar-refractivity contribution is -0.133. The summed E-state index contributed by atoms with van der Waals surface area (Å²) in [6.45, 7) is 2.51. The SMILES string of the molecule is O=C(Cn1c(=O)oc2cc(Cl)ccc21)N1CCN([C@@H](c2ccccc2)c2ccc(Cl)cc2)CC1. The molecule has 1 fully saturated rings. The lowest BCUT2D eigenvalue weighted by Gasteiger charge is -2.39. The maximum atomic E-state index is 13.0. The van der Waals surface area contributed by atoms with Crippen molar-refractivity contribution in [1.29, 1.82) is 0 Å². The highest BCUT2D eigenvalue weighted by Gasteiger charge is 2.28. The molecular formula is C26H23Cl2N3O3. The highest BCUT2D eigenvalue weighted by atomic mass is 35.5. The molecule has 0 spiro atoms. The first-order chi connectivity index (χ1) is 16.5. The number of halogens is 2. The number of aromatic nitrogens is 1. The van der Waals surface area contributed by atoms with Crippen molar-refractivity contribution in [3.05, 3.63) is 105 Å². The topological polar surface area (TPSA) is 58.7 Å². The Kier molecular flexibility index (Phi) is 6.46. The van der Waals surface area contributed by atoms with Gasteiger partial charge in [0.1, 0.15) is 6.54 Å². The first-order valence-corrected chi connectivity index (χ1v) is 11.9. The van der Waals surface area contributed by atoms with Gasteiger partial charge in [-0.1, -0.05) is 65.7 Å². The Morgan fingerprint density at radius 3 is 2.21 bits per heavy atom. The van der Waals surface area contributed by atoms with Gasteiger partial charge < -0.3 is 9.32 Å². The van der Waals surface area contributed by atoms with E-state index in [1.807, 2.05) is 35.2 Å². The third kappa shape index (κ3) is 4.62. The zero-order valence-electron chi connectivity index (χ0n) is 18.4. The summed E-state index contributed by atoms with van der Waals surface area (Å²) in [5.41, 5.74) is 3.29. The Balaban J connectivity index is 1.31. The molecule has 1 aromatic heterocycles. The van der Waals surface area contributed by atoms with Crippen LogP contribution in [0, 0.1) is 0 Å². The molecule has 3 aromatic carbocycles. The summed E-state index contributed by atoms with van der Waals surface area (Å²) in [6, 6.07) is 23.3. The fraction of sp³-hybridized carbons (Fsp3) is 0.231. The van der Waals surface area contributed by atoms with Gasteiger partial charge in [-0.25, -0.2) is 4.79 Å². The smallest absolute Gasteiger partial charge is 0.408 e. The zero-order chi connectivity index (χ0) is 23.7. The fourth-order valence-electron chi connectivity index (χ4n) is 4.55. The van der Waals surface area contributed by atoms with Gasteiger partial charge in [-0.3, -0.25) is 14.3 Å². The van der Waals surface area contributed by atoms with Crippen LogP contribution in [0.2, 0.25) is 10.0 Å². The van der Waals surface area contributed by atoms with Crippen LogP contribution in [0.3, 0.4) is 0 Å². The van der Waals surface area contributed by atoms with Gasteiger partial charge in [0, 0.05) is 42.3 Å². The van der Waals surface area contributed by atoms with E-state index in [9.17, 15) is 9.59 Å². The van der Waals surface area contributed by atoms with Gasteiger partial charge in [-0.05, 0) is 35.4 Å². The van der Waals surface area contributed by atoms with Gasteiger partial charge in [-0.2, -0.15) is 0 Å². The first kappa shape index (κ1) is 22.7. The monoisotopic (exact) mass is 495 g/mol. The van der Waals surface area contributed by atoms with Crippen molar-refractivity contribution >= 4 is 40.2 Å². The second-order valence-electron chi connectivity index (χ2n) is 8.35. The van der Waals surface area contributed by atoms with Gasteiger partial charge >= 0.3 is 5.76 Å². The molecule has 34 heavy (non-hydrogen) atoms. The average Bonchev–Trinajstić information content (AvgIpc) is 3.15. The van der Waals surface area contributed by atoms with E-state index in [4.69, 9.17) is 27.6 Å². The molecule has 174 valence electrons. The number of hydrogen-bond donors (Lipinski definition) is 0. The summed E-state index contributed by atoms with van der Waals surface area (Å²) in [6.07, 6.45) is 0. The second kappa shape index (κ2) is 9.66. The van der Waals surface area contributed by atoms with Crippen molar-refractivity contribution in [2.45, 2.75) is 12.6 Å². The zero-order valence-corrected chi connectivity index (χ0v) is 19.9. The molecule has 8 heteroatoms. The summed E-state index contributed by atoms with van der Waals surface area (Å²) >= 11 is 12.1. The Hall–Kier alpha value is -3.06. The minimum Gasteiger partial charge on any atom is -0.408 e. The van der Waals surface area contributed by atoms with Crippen LogP contribution in [0.5, 0.6) is 0 Å². The number of carbonyl (C=O) groups is 1. The number of nitrogens with zero attached hydrogens (tertiary/aromatic N) is 3. The summed E-state index contributed by atoms with van der Waals surface area (Å²) < 4.78 is 6.62. The Morgan fingerprint density at radius 1 is 0.853 bits per heavy atom. The molecule has 0 bridgehead atoms. The predicted molar refractivity (Wildman–Crippen MR) is 133 cm³/mol. The van der Waals surface area contributed by atoms with Crippen LogP contribution in [0.25, 0.3) is 11.1 Å². The molecule has 1 aliphatic rings. The molecule has 1 atom stereocenters. The molecule has 0 saturated carbocycles. The molecule has 0 N–H and O–H groups in total. The summed E-state index contributed by atoms with van der Waals surface area (Å²) in [5.74, 6) is -0.668. The van der Waals surface area contributed by atoms with Crippen molar-refractivity contribution in [2.24, 2.45) is 0 Å². The lowest BCUT2D eigenvalue weighted by Crippen LogP contribution is -2.50. The molecule has 1 saturated heterocycles. The van der Waals surface area contributed by atoms with Crippen LogP contribution in [-0.2, 0) is 11.3 Å². The Labute approximate surface area is 206 Å². The molecular weight excluding hydrogens is 473 g/mol. The molecule has 5 rings (SSSR count). The van der Waals surface area contributed by atoms with E-state index in [0.29, 0.717) is 47.3 Å². The van der Waals surface area contributed by atoms with Crippen LogP contribution < -0.4 is 5.76 Å².